The first-order chi connectivity index (χ1) is 9.76. The van der Waals surface area contributed by atoms with Crippen molar-refractivity contribution in [3.63, 3.8) is 0 Å². The molecule has 0 atom stereocenters. The molecule has 1 aliphatic rings. The highest BCUT2D eigenvalue weighted by Gasteiger charge is 2.30. The van der Waals surface area contributed by atoms with E-state index in [1.54, 1.807) is 6.92 Å². The normalized spacial score (nSPS) is 18.5. The molecule has 0 aromatic rings. The number of carboxylic acid groups (broad SMARTS) is 1. The Labute approximate surface area is 128 Å². The predicted molar refractivity (Wildman–Crippen MR) is 82.7 cm³/mol. The number of nitrogens with zero attached hydrogens (tertiary/aromatic N) is 2. The van der Waals surface area contributed by atoms with Crippen molar-refractivity contribution >= 4 is 16.0 Å². The summed E-state index contributed by atoms with van der Waals surface area (Å²) in [6, 6.07) is 0.170. The Morgan fingerprint density at radius 1 is 1.33 bits per heavy atom. The molecule has 124 valence electrons. The summed E-state index contributed by atoms with van der Waals surface area (Å²) in [5.74, 6) is -0.159. The molecule has 0 aromatic carbocycles. The summed E-state index contributed by atoms with van der Waals surface area (Å²) < 4.78 is 25.2. The van der Waals surface area contributed by atoms with E-state index < -0.39 is 16.0 Å². The maximum absolute atomic E-state index is 11.8. The van der Waals surface area contributed by atoms with Crippen LogP contribution in [0.15, 0.2) is 0 Å². The summed E-state index contributed by atoms with van der Waals surface area (Å²) in [6.07, 6.45) is 2.38. The molecular formula is C14H28N2O4S. The standard InChI is InChI=1S/C14H28N2O4S/c1-4-21(19,20)16-9-6-13(7-10-16)15(11-14(17)18)8-5-12(2)3/h12-13H,4-11H2,1-3H3,(H,17,18). The van der Waals surface area contributed by atoms with Crippen molar-refractivity contribution in [3.05, 3.63) is 0 Å². The lowest BCUT2D eigenvalue weighted by atomic mass is 10.0. The molecule has 0 spiro atoms. The van der Waals surface area contributed by atoms with Gasteiger partial charge in [0.1, 0.15) is 0 Å². The number of carboxylic acids is 1. The zero-order valence-electron chi connectivity index (χ0n) is 13.3. The van der Waals surface area contributed by atoms with Gasteiger partial charge in [-0.25, -0.2) is 12.7 Å². The molecule has 21 heavy (non-hydrogen) atoms. The SMILES string of the molecule is CCS(=O)(=O)N1CCC(N(CCC(C)C)CC(=O)O)CC1. The number of rotatable bonds is 8. The molecule has 0 radical (unpaired) electrons. The Morgan fingerprint density at radius 3 is 2.33 bits per heavy atom. The van der Waals surface area contributed by atoms with Gasteiger partial charge in [0.15, 0.2) is 0 Å². The van der Waals surface area contributed by atoms with Crippen LogP contribution in [0.4, 0.5) is 0 Å². The fraction of sp³-hybridized carbons (Fsp3) is 0.929. The summed E-state index contributed by atoms with van der Waals surface area (Å²) in [6.45, 7) is 7.69. The monoisotopic (exact) mass is 320 g/mol. The zero-order valence-corrected chi connectivity index (χ0v) is 14.1. The van der Waals surface area contributed by atoms with E-state index in [2.05, 4.69) is 13.8 Å². The van der Waals surface area contributed by atoms with Crippen LogP contribution in [0.1, 0.15) is 40.0 Å². The number of carbonyl (C=O) groups is 1. The molecule has 0 unspecified atom stereocenters. The average molecular weight is 320 g/mol. The quantitative estimate of drug-likeness (QED) is 0.728. The van der Waals surface area contributed by atoms with Crippen LogP contribution in [0.3, 0.4) is 0 Å². The van der Waals surface area contributed by atoms with Gasteiger partial charge >= 0.3 is 5.97 Å². The van der Waals surface area contributed by atoms with Crippen LogP contribution in [-0.4, -0.2) is 66.7 Å². The highest BCUT2D eigenvalue weighted by molar-refractivity contribution is 7.89. The Balaban J connectivity index is 2.60. The van der Waals surface area contributed by atoms with E-state index in [0.29, 0.717) is 31.8 Å². The first-order valence-electron chi connectivity index (χ1n) is 7.70. The van der Waals surface area contributed by atoms with Crippen molar-refractivity contribution in [2.45, 2.75) is 46.1 Å². The van der Waals surface area contributed by atoms with Crippen LogP contribution in [0.2, 0.25) is 0 Å². The molecule has 1 aliphatic heterocycles. The zero-order chi connectivity index (χ0) is 16.0. The molecule has 6 nitrogen and oxygen atoms in total. The van der Waals surface area contributed by atoms with Gasteiger partial charge in [0, 0.05) is 19.1 Å². The van der Waals surface area contributed by atoms with Crippen LogP contribution in [0.5, 0.6) is 0 Å². The van der Waals surface area contributed by atoms with Crippen LogP contribution >= 0.6 is 0 Å². The van der Waals surface area contributed by atoms with E-state index >= 15 is 0 Å². The molecule has 1 fully saturated rings. The third kappa shape index (κ3) is 5.92. The minimum atomic E-state index is -3.12. The molecule has 1 rings (SSSR count). The second-order valence-corrected chi connectivity index (χ2v) is 8.34. The summed E-state index contributed by atoms with van der Waals surface area (Å²) in [7, 11) is -3.12. The van der Waals surface area contributed by atoms with Crippen molar-refractivity contribution in [1.82, 2.24) is 9.21 Å². The van der Waals surface area contributed by atoms with E-state index in [1.807, 2.05) is 4.90 Å². The minimum absolute atomic E-state index is 0.0396. The van der Waals surface area contributed by atoms with E-state index in [4.69, 9.17) is 5.11 Å². The average Bonchev–Trinajstić information content (AvgIpc) is 2.43. The highest BCUT2D eigenvalue weighted by atomic mass is 32.2. The molecule has 7 heteroatoms. The number of aliphatic carboxylic acids is 1. The van der Waals surface area contributed by atoms with Crippen molar-refractivity contribution < 1.29 is 18.3 Å². The fourth-order valence-corrected chi connectivity index (χ4v) is 3.79. The first-order valence-corrected chi connectivity index (χ1v) is 9.30. The van der Waals surface area contributed by atoms with Crippen molar-refractivity contribution in [3.8, 4) is 0 Å². The van der Waals surface area contributed by atoms with Crippen LogP contribution in [0, 0.1) is 5.92 Å². The van der Waals surface area contributed by atoms with Crippen LogP contribution in [-0.2, 0) is 14.8 Å². The van der Waals surface area contributed by atoms with E-state index in [0.717, 1.165) is 13.0 Å². The van der Waals surface area contributed by atoms with Gasteiger partial charge in [0.25, 0.3) is 0 Å². The Kier molecular flexibility index (Phi) is 7.09. The molecule has 0 saturated carbocycles. The molecule has 0 aliphatic carbocycles. The van der Waals surface area contributed by atoms with Gasteiger partial charge in [-0.3, -0.25) is 9.69 Å². The Hall–Kier alpha value is -0.660. The maximum Gasteiger partial charge on any atom is 0.317 e. The third-order valence-corrected chi connectivity index (χ3v) is 5.91. The Bertz CT molecular complexity index is 428. The van der Waals surface area contributed by atoms with E-state index in [1.165, 1.54) is 4.31 Å². The smallest absolute Gasteiger partial charge is 0.317 e. The van der Waals surface area contributed by atoms with E-state index in [-0.39, 0.29) is 18.3 Å². The Morgan fingerprint density at radius 2 is 1.90 bits per heavy atom. The number of sulfonamides is 1. The van der Waals surface area contributed by atoms with Gasteiger partial charge in [0.05, 0.1) is 12.3 Å². The fourth-order valence-electron chi connectivity index (χ4n) is 2.66. The van der Waals surface area contributed by atoms with Crippen molar-refractivity contribution in [2.75, 3.05) is 31.9 Å². The number of hydrogen-bond donors (Lipinski definition) is 1. The van der Waals surface area contributed by atoms with E-state index in [9.17, 15) is 13.2 Å². The van der Waals surface area contributed by atoms with Crippen molar-refractivity contribution in [1.29, 1.82) is 0 Å². The minimum Gasteiger partial charge on any atom is -0.480 e. The lowest BCUT2D eigenvalue weighted by Crippen LogP contribution is -2.48. The predicted octanol–water partition coefficient (Wildman–Crippen LogP) is 1.23. The molecule has 0 bridgehead atoms. The van der Waals surface area contributed by atoms with Gasteiger partial charge in [-0.1, -0.05) is 13.8 Å². The van der Waals surface area contributed by atoms with Gasteiger partial charge < -0.3 is 5.11 Å². The highest BCUT2D eigenvalue weighted by Crippen LogP contribution is 2.20. The van der Waals surface area contributed by atoms with Gasteiger partial charge in [-0.15, -0.1) is 0 Å². The lowest BCUT2D eigenvalue weighted by molar-refractivity contribution is -0.139. The maximum atomic E-state index is 11.8. The number of piperidine rings is 1. The summed E-state index contributed by atoms with van der Waals surface area (Å²) in [5, 5.41) is 9.05. The summed E-state index contributed by atoms with van der Waals surface area (Å²) in [4.78, 5) is 13.0. The molecular weight excluding hydrogens is 292 g/mol. The molecule has 1 N–H and O–H groups in total. The third-order valence-electron chi connectivity index (χ3n) is 4.03. The summed E-state index contributed by atoms with van der Waals surface area (Å²) in [5.41, 5.74) is 0. The molecule has 0 aromatic heterocycles. The van der Waals surface area contributed by atoms with Crippen LogP contribution < -0.4 is 0 Å². The molecule has 1 saturated heterocycles. The van der Waals surface area contributed by atoms with Gasteiger partial charge in [-0.2, -0.15) is 0 Å². The van der Waals surface area contributed by atoms with Gasteiger partial charge in [0.2, 0.25) is 10.0 Å². The largest absolute Gasteiger partial charge is 0.480 e. The first kappa shape index (κ1) is 18.4. The lowest BCUT2D eigenvalue weighted by Gasteiger charge is -2.37. The summed E-state index contributed by atoms with van der Waals surface area (Å²) >= 11 is 0. The second kappa shape index (κ2) is 8.10. The topological polar surface area (TPSA) is 77.9 Å². The molecule has 1 heterocycles. The second-order valence-electron chi connectivity index (χ2n) is 6.08. The number of hydrogen-bond acceptors (Lipinski definition) is 4. The van der Waals surface area contributed by atoms with Crippen molar-refractivity contribution in [2.24, 2.45) is 5.92 Å². The molecule has 0 amide bonds. The van der Waals surface area contributed by atoms with Gasteiger partial charge in [-0.05, 0) is 38.6 Å². The van der Waals surface area contributed by atoms with Crippen LogP contribution in [0.25, 0.3) is 0 Å².